The monoisotopic (exact) mass is 490 g/mol. The highest BCUT2D eigenvalue weighted by molar-refractivity contribution is 5.77. The van der Waals surface area contributed by atoms with E-state index in [0.717, 1.165) is 32.1 Å². The van der Waals surface area contributed by atoms with Crippen LogP contribution in [0.1, 0.15) is 71.1 Å². The van der Waals surface area contributed by atoms with Gasteiger partial charge in [-0.25, -0.2) is 18.0 Å². The topological polar surface area (TPSA) is 63.2 Å². The summed E-state index contributed by atoms with van der Waals surface area (Å²) in [4.78, 5) is 11.9. The molecule has 3 aliphatic heterocycles. The van der Waals surface area contributed by atoms with Crippen LogP contribution < -0.4 is 0 Å². The lowest BCUT2D eigenvalue weighted by Crippen LogP contribution is -2.39. The number of carbonyl (C=O) groups is 1. The van der Waals surface area contributed by atoms with E-state index in [1.165, 1.54) is 6.08 Å². The first-order valence-corrected chi connectivity index (χ1v) is 12.8. The van der Waals surface area contributed by atoms with Crippen LogP contribution in [0.5, 0.6) is 0 Å². The minimum atomic E-state index is -3.11. The van der Waals surface area contributed by atoms with Gasteiger partial charge in [-0.3, -0.25) is 0 Å². The van der Waals surface area contributed by atoms with Gasteiger partial charge in [-0.1, -0.05) is 25.5 Å². The SMILES string of the molecule is CCCCC(F)(F)C(/C=C/[C@@H]1[C@H]2[C@@H](C[C@@H]1OC1CCCCO1)OC(=O)[C@@H]2F)OC1CCCCO1. The first-order valence-electron chi connectivity index (χ1n) is 12.8. The van der Waals surface area contributed by atoms with Gasteiger partial charge in [0.25, 0.3) is 5.92 Å². The van der Waals surface area contributed by atoms with Gasteiger partial charge in [-0.2, -0.15) is 0 Å². The van der Waals surface area contributed by atoms with E-state index >= 15 is 8.78 Å². The van der Waals surface area contributed by atoms with Crippen molar-refractivity contribution >= 4 is 5.97 Å². The van der Waals surface area contributed by atoms with Crippen LogP contribution in [0.3, 0.4) is 0 Å². The van der Waals surface area contributed by atoms with E-state index in [9.17, 15) is 9.18 Å². The summed E-state index contributed by atoms with van der Waals surface area (Å²) in [5.74, 6) is -5.37. The second-order valence-corrected chi connectivity index (χ2v) is 9.84. The maximum Gasteiger partial charge on any atom is 0.341 e. The summed E-state index contributed by atoms with van der Waals surface area (Å²) in [6, 6.07) is 0. The van der Waals surface area contributed by atoms with Crippen molar-refractivity contribution in [1.82, 2.24) is 0 Å². The number of halogens is 3. The number of fused-ring (bicyclic) bond motifs is 1. The zero-order valence-corrected chi connectivity index (χ0v) is 19.8. The molecule has 0 N–H and O–H groups in total. The van der Waals surface area contributed by atoms with Gasteiger partial charge < -0.3 is 23.7 Å². The Morgan fingerprint density at radius 3 is 2.47 bits per heavy atom. The molecule has 0 aromatic carbocycles. The summed E-state index contributed by atoms with van der Waals surface area (Å²) >= 11 is 0. The van der Waals surface area contributed by atoms with Crippen LogP contribution >= 0.6 is 0 Å². The number of carbonyl (C=O) groups excluding carboxylic acids is 1. The molecule has 1 aliphatic carbocycles. The maximum absolute atomic E-state index is 15.1. The highest BCUT2D eigenvalue weighted by atomic mass is 19.3. The molecule has 0 aromatic heterocycles. The molecule has 194 valence electrons. The normalized spacial score (nSPS) is 37.6. The molecule has 4 rings (SSSR count). The fraction of sp³-hybridized carbons (Fsp3) is 0.880. The van der Waals surface area contributed by atoms with E-state index in [2.05, 4.69) is 0 Å². The van der Waals surface area contributed by atoms with Gasteiger partial charge in [-0.15, -0.1) is 0 Å². The lowest BCUT2D eigenvalue weighted by molar-refractivity contribution is -0.227. The number of esters is 1. The molecule has 4 aliphatic rings. The van der Waals surface area contributed by atoms with Gasteiger partial charge in [0.2, 0.25) is 6.17 Å². The molecule has 0 amide bonds. The number of hydrogen-bond donors (Lipinski definition) is 0. The van der Waals surface area contributed by atoms with E-state index in [-0.39, 0.29) is 6.42 Å². The molecule has 0 spiro atoms. The highest BCUT2D eigenvalue weighted by Gasteiger charge is 2.57. The summed E-state index contributed by atoms with van der Waals surface area (Å²) in [7, 11) is 0. The Balaban J connectivity index is 1.52. The molecule has 34 heavy (non-hydrogen) atoms. The Morgan fingerprint density at radius 2 is 1.82 bits per heavy atom. The first-order chi connectivity index (χ1) is 16.4. The number of rotatable bonds is 10. The highest BCUT2D eigenvalue weighted by Crippen LogP contribution is 2.46. The van der Waals surface area contributed by atoms with Crippen LogP contribution in [0.4, 0.5) is 13.2 Å². The third kappa shape index (κ3) is 6.15. The van der Waals surface area contributed by atoms with Crippen molar-refractivity contribution in [1.29, 1.82) is 0 Å². The van der Waals surface area contributed by atoms with Gasteiger partial charge >= 0.3 is 5.97 Å². The standard InChI is InChI=1S/C25H37F3O6/c1-2-3-12-25(27,28)19(34-21-9-5-7-14-31-21)11-10-16-17(32-20-8-4-6-13-30-20)15-18-22(16)23(26)24(29)33-18/h10-11,16-23H,2-9,12-15H2,1H3/b11-10+/t16-,17-,18+,19?,20?,21?,22-,23+/m0/s1. The van der Waals surface area contributed by atoms with E-state index in [1.54, 1.807) is 6.08 Å². The smallest absolute Gasteiger partial charge is 0.341 e. The first kappa shape index (κ1) is 25.9. The molecule has 8 atom stereocenters. The molecule has 0 aromatic rings. The molecule has 0 radical (unpaired) electrons. The Hall–Kier alpha value is -1.16. The minimum Gasteiger partial charge on any atom is -0.460 e. The summed E-state index contributed by atoms with van der Waals surface area (Å²) in [6.45, 7) is 2.93. The average molecular weight is 491 g/mol. The second-order valence-electron chi connectivity index (χ2n) is 9.84. The largest absolute Gasteiger partial charge is 0.460 e. The van der Waals surface area contributed by atoms with Crippen LogP contribution in [0.25, 0.3) is 0 Å². The van der Waals surface area contributed by atoms with Crippen LogP contribution in [0.2, 0.25) is 0 Å². The van der Waals surface area contributed by atoms with Crippen molar-refractivity contribution < 1.29 is 41.7 Å². The molecular formula is C25H37F3O6. The molecule has 6 nitrogen and oxygen atoms in total. The molecule has 4 fully saturated rings. The van der Waals surface area contributed by atoms with Crippen molar-refractivity contribution in [2.24, 2.45) is 11.8 Å². The average Bonchev–Trinajstić information content (AvgIpc) is 3.30. The van der Waals surface area contributed by atoms with E-state index in [1.807, 2.05) is 6.92 Å². The minimum absolute atomic E-state index is 0.314. The quantitative estimate of drug-likeness (QED) is 0.314. The second kappa shape index (κ2) is 11.7. The van der Waals surface area contributed by atoms with Crippen LogP contribution in [-0.4, -0.2) is 62.2 Å². The lowest BCUT2D eigenvalue weighted by Gasteiger charge is -2.32. The van der Waals surface area contributed by atoms with Crippen molar-refractivity contribution in [2.75, 3.05) is 13.2 Å². The molecular weight excluding hydrogens is 453 g/mol. The third-order valence-corrected chi connectivity index (χ3v) is 7.29. The molecule has 0 bridgehead atoms. The van der Waals surface area contributed by atoms with Crippen molar-refractivity contribution in [3.63, 3.8) is 0 Å². The number of unbranched alkanes of at least 4 members (excludes halogenated alkanes) is 1. The zero-order valence-electron chi connectivity index (χ0n) is 19.8. The van der Waals surface area contributed by atoms with Gasteiger partial charge in [0.05, 0.1) is 6.10 Å². The van der Waals surface area contributed by atoms with E-state index in [4.69, 9.17) is 23.7 Å². The fourth-order valence-electron chi connectivity index (χ4n) is 5.38. The van der Waals surface area contributed by atoms with Gasteiger partial charge in [-0.05, 0) is 44.9 Å². The molecule has 3 unspecified atom stereocenters. The summed E-state index contributed by atoms with van der Waals surface area (Å²) < 4.78 is 73.4. The summed E-state index contributed by atoms with van der Waals surface area (Å²) in [6.07, 6.45) is 3.27. The Morgan fingerprint density at radius 1 is 1.12 bits per heavy atom. The van der Waals surface area contributed by atoms with Crippen LogP contribution in [-0.2, 0) is 28.5 Å². The predicted octanol–water partition coefficient (Wildman–Crippen LogP) is 5.09. The van der Waals surface area contributed by atoms with Crippen molar-refractivity contribution in [2.45, 2.75) is 114 Å². The lowest BCUT2D eigenvalue weighted by atomic mass is 9.89. The van der Waals surface area contributed by atoms with Crippen LogP contribution in [0, 0.1) is 11.8 Å². The predicted molar refractivity (Wildman–Crippen MR) is 117 cm³/mol. The molecule has 3 saturated heterocycles. The van der Waals surface area contributed by atoms with Crippen molar-refractivity contribution in [3.8, 4) is 0 Å². The van der Waals surface area contributed by atoms with Crippen molar-refractivity contribution in [3.05, 3.63) is 12.2 Å². The fourth-order valence-corrected chi connectivity index (χ4v) is 5.38. The van der Waals surface area contributed by atoms with Crippen LogP contribution in [0.15, 0.2) is 12.2 Å². The third-order valence-electron chi connectivity index (χ3n) is 7.29. The van der Waals surface area contributed by atoms with Gasteiger partial charge in [0.1, 0.15) is 12.2 Å². The number of alkyl halides is 3. The Bertz CT molecular complexity index is 692. The van der Waals surface area contributed by atoms with E-state index in [0.29, 0.717) is 38.9 Å². The van der Waals surface area contributed by atoms with Gasteiger partial charge in [0, 0.05) is 37.9 Å². The Labute approximate surface area is 199 Å². The van der Waals surface area contributed by atoms with E-state index < -0.39 is 60.8 Å². The Kier molecular flexibility index (Phi) is 8.93. The molecule has 1 saturated carbocycles. The maximum atomic E-state index is 15.1. The van der Waals surface area contributed by atoms with Gasteiger partial charge in [0.15, 0.2) is 12.6 Å². The number of ether oxygens (including phenoxy) is 5. The molecule has 3 heterocycles. The number of hydrogen-bond acceptors (Lipinski definition) is 6. The zero-order chi connectivity index (χ0) is 24.1. The summed E-state index contributed by atoms with van der Waals surface area (Å²) in [5.41, 5.74) is 0. The molecule has 9 heteroatoms. The summed E-state index contributed by atoms with van der Waals surface area (Å²) in [5, 5.41) is 0.